The highest BCUT2D eigenvalue weighted by atomic mass is 79.9. The molecule has 0 saturated carbocycles. The maximum atomic E-state index is 11.7. The van der Waals surface area contributed by atoms with Gasteiger partial charge in [0.2, 0.25) is 0 Å². The van der Waals surface area contributed by atoms with Gasteiger partial charge in [0.1, 0.15) is 0 Å². The number of nitrogens with one attached hydrogen (secondary N) is 1. The van der Waals surface area contributed by atoms with Crippen LogP contribution < -0.4 is 5.32 Å². The summed E-state index contributed by atoms with van der Waals surface area (Å²) in [6.07, 6.45) is -0.680. The molecule has 0 spiro atoms. The summed E-state index contributed by atoms with van der Waals surface area (Å²) in [5, 5.41) is 12.0. The third kappa shape index (κ3) is 4.46. The quantitative estimate of drug-likeness (QED) is 0.866. The molecular weight excluding hydrogens is 286 g/mol. The summed E-state index contributed by atoms with van der Waals surface area (Å²) >= 11 is 3.37. The smallest absolute Gasteiger partial charge is 0.251 e. The molecule has 0 bridgehead atoms. The Morgan fingerprint density at radius 2 is 2.29 bits per heavy atom. The number of amides is 1. The second-order valence-electron chi connectivity index (χ2n) is 3.78. The number of ether oxygens (including phenoxy) is 1. The molecule has 94 valence electrons. The molecule has 1 aromatic carbocycles. The third-order valence-electron chi connectivity index (χ3n) is 2.28. The first-order valence-corrected chi connectivity index (χ1v) is 6.05. The number of aryl methyl sites for hydroxylation is 1. The second kappa shape index (κ2) is 6.74. The highest BCUT2D eigenvalue weighted by Gasteiger charge is 2.09. The van der Waals surface area contributed by atoms with Gasteiger partial charge in [0.15, 0.2) is 0 Å². The van der Waals surface area contributed by atoms with Crippen molar-refractivity contribution in [3.63, 3.8) is 0 Å². The average Bonchev–Trinajstić information content (AvgIpc) is 2.30. The molecule has 4 nitrogen and oxygen atoms in total. The van der Waals surface area contributed by atoms with Crippen molar-refractivity contribution in [2.75, 3.05) is 20.3 Å². The number of hydrogen-bond acceptors (Lipinski definition) is 3. The van der Waals surface area contributed by atoms with Crippen LogP contribution in [-0.2, 0) is 4.74 Å². The van der Waals surface area contributed by atoms with Gasteiger partial charge in [0.25, 0.3) is 5.91 Å². The van der Waals surface area contributed by atoms with E-state index >= 15 is 0 Å². The molecule has 0 aliphatic rings. The number of hydrogen-bond donors (Lipinski definition) is 2. The summed E-state index contributed by atoms with van der Waals surface area (Å²) in [6, 6.07) is 5.35. The molecule has 0 heterocycles. The molecule has 0 fully saturated rings. The Morgan fingerprint density at radius 3 is 2.88 bits per heavy atom. The third-order valence-corrected chi connectivity index (χ3v) is 3.17. The van der Waals surface area contributed by atoms with E-state index in [0.717, 1.165) is 10.0 Å². The highest BCUT2D eigenvalue weighted by Crippen LogP contribution is 2.16. The van der Waals surface area contributed by atoms with Gasteiger partial charge in [-0.05, 0) is 30.7 Å². The zero-order chi connectivity index (χ0) is 12.8. The van der Waals surface area contributed by atoms with Gasteiger partial charge >= 0.3 is 0 Å². The highest BCUT2D eigenvalue weighted by molar-refractivity contribution is 9.10. The number of carbonyl (C=O) groups excluding carboxylic acids is 1. The van der Waals surface area contributed by atoms with Crippen LogP contribution in [0.3, 0.4) is 0 Å². The maximum absolute atomic E-state index is 11.7. The van der Waals surface area contributed by atoms with Crippen LogP contribution in [0.2, 0.25) is 0 Å². The van der Waals surface area contributed by atoms with Crippen LogP contribution in [0.25, 0.3) is 0 Å². The number of rotatable bonds is 5. The zero-order valence-corrected chi connectivity index (χ0v) is 11.5. The van der Waals surface area contributed by atoms with E-state index in [1.54, 1.807) is 12.1 Å². The molecule has 1 rings (SSSR count). The minimum Gasteiger partial charge on any atom is -0.389 e. The lowest BCUT2D eigenvalue weighted by molar-refractivity contribution is 0.0610. The molecule has 0 aliphatic heterocycles. The average molecular weight is 302 g/mol. The van der Waals surface area contributed by atoms with E-state index in [0.29, 0.717) is 5.56 Å². The molecule has 1 aromatic rings. The Morgan fingerprint density at radius 1 is 1.59 bits per heavy atom. The largest absolute Gasteiger partial charge is 0.389 e. The van der Waals surface area contributed by atoms with E-state index in [-0.39, 0.29) is 19.1 Å². The minimum atomic E-state index is -0.680. The van der Waals surface area contributed by atoms with Gasteiger partial charge in [-0.15, -0.1) is 0 Å². The summed E-state index contributed by atoms with van der Waals surface area (Å²) in [4.78, 5) is 11.7. The summed E-state index contributed by atoms with van der Waals surface area (Å²) in [7, 11) is 1.50. The van der Waals surface area contributed by atoms with Crippen molar-refractivity contribution in [1.29, 1.82) is 0 Å². The summed E-state index contributed by atoms with van der Waals surface area (Å²) in [5.41, 5.74) is 1.57. The lowest BCUT2D eigenvalue weighted by Gasteiger charge is -2.11. The number of benzene rings is 1. The Balaban J connectivity index is 2.55. The van der Waals surface area contributed by atoms with Crippen LogP contribution in [-0.4, -0.2) is 37.4 Å². The molecule has 1 unspecified atom stereocenters. The van der Waals surface area contributed by atoms with Crippen molar-refractivity contribution in [3.8, 4) is 0 Å². The molecule has 5 heteroatoms. The van der Waals surface area contributed by atoms with Gasteiger partial charge in [-0.3, -0.25) is 4.79 Å². The lowest BCUT2D eigenvalue weighted by atomic mass is 10.1. The van der Waals surface area contributed by atoms with E-state index in [4.69, 9.17) is 4.74 Å². The fraction of sp³-hybridized carbons (Fsp3) is 0.417. The van der Waals surface area contributed by atoms with Gasteiger partial charge in [0, 0.05) is 23.7 Å². The standard InChI is InChI=1S/C12H16BrNO3/c1-8-5-9(3-4-11(8)13)12(16)14-6-10(15)7-17-2/h3-5,10,15H,6-7H2,1-2H3,(H,14,16). The summed E-state index contributed by atoms with van der Waals surface area (Å²) in [6.45, 7) is 2.31. The molecule has 0 radical (unpaired) electrons. The van der Waals surface area contributed by atoms with Crippen LogP contribution >= 0.6 is 15.9 Å². The summed E-state index contributed by atoms with van der Waals surface area (Å²) < 4.78 is 5.74. The molecule has 1 amide bonds. The van der Waals surface area contributed by atoms with Crippen molar-refractivity contribution in [2.45, 2.75) is 13.0 Å². The van der Waals surface area contributed by atoms with Crippen LogP contribution in [0.1, 0.15) is 15.9 Å². The number of aliphatic hydroxyl groups is 1. The Hall–Kier alpha value is -0.910. The van der Waals surface area contributed by atoms with Crippen molar-refractivity contribution < 1.29 is 14.6 Å². The van der Waals surface area contributed by atoms with Crippen molar-refractivity contribution in [1.82, 2.24) is 5.32 Å². The number of carbonyl (C=O) groups is 1. The Bertz CT molecular complexity index is 395. The van der Waals surface area contributed by atoms with Crippen molar-refractivity contribution in [2.24, 2.45) is 0 Å². The maximum Gasteiger partial charge on any atom is 0.251 e. The minimum absolute atomic E-state index is 0.182. The van der Waals surface area contributed by atoms with E-state index in [2.05, 4.69) is 21.2 Å². The molecule has 2 N–H and O–H groups in total. The number of halogens is 1. The predicted octanol–water partition coefficient (Wildman–Crippen LogP) is 1.49. The molecular formula is C12H16BrNO3. The Kier molecular flexibility index (Phi) is 5.61. The fourth-order valence-electron chi connectivity index (χ4n) is 1.35. The molecule has 0 aliphatic carbocycles. The van der Waals surface area contributed by atoms with E-state index in [1.807, 2.05) is 13.0 Å². The first-order chi connectivity index (χ1) is 8.04. The summed E-state index contributed by atoms with van der Waals surface area (Å²) in [5.74, 6) is -0.198. The predicted molar refractivity (Wildman–Crippen MR) is 69.1 cm³/mol. The number of aliphatic hydroxyl groups excluding tert-OH is 1. The SMILES string of the molecule is COCC(O)CNC(=O)c1ccc(Br)c(C)c1. The topological polar surface area (TPSA) is 58.6 Å². The van der Waals surface area contributed by atoms with Crippen LogP contribution in [0.15, 0.2) is 22.7 Å². The van der Waals surface area contributed by atoms with Crippen LogP contribution in [0.5, 0.6) is 0 Å². The van der Waals surface area contributed by atoms with Gasteiger partial charge in [-0.2, -0.15) is 0 Å². The van der Waals surface area contributed by atoms with Crippen molar-refractivity contribution >= 4 is 21.8 Å². The second-order valence-corrected chi connectivity index (χ2v) is 4.64. The first-order valence-electron chi connectivity index (χ1n) is 5.26. The fourth-order valence-corrected chi connectivity index (χ4v) is 1.60. The van der Waals surface area contributed by atoms with Gasteiger partial charge in [-0.1, -0.05) is 15.9 Å². The van der Waals surface area contributed by atoms with Gasteiger partial charge in [0.05, 0.1) is 12.7 Å². The normalized spacial score (nSPS) is 12.2. The van der Waals surface area contributed by atoms with Crippen molar-refractivity contribution in [3.05, 3.63) is 33.8 Å². The lowest BCUT2D eigenvalue weighted by Crippen LogP contribution is -2.34. The zero-order valence-electron chi connectivity index (χ0n) is 9.87. The molecule has 1 atom stereocenters. The van der Waals surface area contributed by atoms with E-state index < -0.39 is 6.10 Å². The van der Waals surface area contributed by atoms with E-state index in [1.165, 1.54) is 7.11 Å². The molecule has 0 saturated heterocycles. The van der Waals surface area contributed by atoms with Crippen LogP contribution in [0.4, 0.5) is 0 Å². The molecule has 0 aromatic heterocycles. The number of methoxy groups -OCH3 is 1. The first kappa shape index (κ1) is 14.2. The Labute approximate surface area is 109 Å². The van der Waals surface area contributed by atoms with E-state index in [9.17, 15) is 9.90 Å². The van der Waals surface area contributed by atoms with Gasteiger partial charge < -0.3 is 15.2 Å². The monoisotopic (exact) mass is 301 g/mol. The molecule has 17 heavy (non-hydrogen) atoms. The van der Waals surface area contributed by atoms with Crippen LogP contribution in [0, 0.1) is 6.92 Å². The van der Waals surface area contributed by atoms with Gasteiger partial charge in [-0.25, -0.2) is 0 Å².